The van der Waals surface area contributed by atoms with Gasteiger partial charge < -0.3 is 5.32 Å². The van der Waals surface area contributed by atoms with Crippen LogP contribution >= 0.6 is 0 Å². The molecule has 102 valence electrons. The summed E-state index contributed by atoms with van der Waals surface area (Å²) in [6.07, 6.45) is 3.28. The average molecular weight is 249 g/mol. The van der Waals surface area contributed by atoms with Crippen LogP contribution in [0.25, 0.3) is 0 Å². The van der Waals surface area contributed by atoms with E-state index in [2.05, 4.69) is 36.1 Å². The Morgan fingerprint density at radius 3 is 2.28 bits per heavy atom. The van der Waals surface area contributed by atoms with Gasteiger partial charge in [0, 0.05) is 23.9 Å². The second-order valence-corrected chi connectivity index (χ2v) is 5.55. The van der Waals surface area contributed by atoms with E-state index >= 15 is 0 Å². The number of hydrogen-bond acceptors (Lipinski definition) is 3. The van der Waals surface area contributed by atoms with Crippen molar-refractivity contribution in [3.63, 3.8) is 0 Å². The van der Waals surface area contributed by atoms with Crippen LogP contribution in [0.1, 0.15) is 50.8 Å². The topological polar surface area (TPSA) is 37.8 Å². The smallest absolute Gasteiger partial charge is 0.130 e. The maximum atomic E-state index is 4.54. The van der Waals surface area contributed by atoms with Gasteiger partial charge in [-0.2, -0.15) is 0 Å². The number of nitrogens with zero attached hydrogens (tertiary/aromatic N) is 2. The fourth-order valence-corrected chi connectivity index (χ4v) is 2.27. The fourth-order valence-electron chi connectivity index (χ4n) is 2.27. The lowest BCUT2D eigenvalue weighted by atomic mass is 10.0. The molecule has 0 aliphatic carbocycles. The monoisotopic (exact) mass is 249 g/mol. The van der Waals surface area contributed by atoms with Crippen LogP contribution in [0, 0.1) is 19.8 Å². The van der Waals surface area contributed by atoms with Gasteiger partial charge in [-0.15, -0.1) is 0 Å². The van der Waals surface area contributed by atoms with E-state index in [1.54, 1.807) is 0 Å². The van der Waals surface area contributed by atoms with Crippen molar-refractivity contribution in [3.8, 4) is 0 Å². The molecule has 18 heavy (non-hydrogen) atoms. The summed E-state index contributed by atoms with van der Waals surface area (Å²) in [6.45, 7) is 11.9. The first kappa shape index (κ1) is 15.1. The van der Waals surface area contributed by atoms with Gasteiger partial charge in [-0.3, -0.25) is 0 Å². The van der Waals surface area contributed by atoms with Crippen molar-refractivity contribution in [1.29, 1.82) is 0 Å². The van der Waals surface area contributed by atoms with Crippen molar-refractivity contribution in [1.82, 2.24) is 15.3 Å². The molecule has 1 heterocycles. The SMILES string of the molecule is CCCNC(Cc1nc(C)cc(C)n1)CC(C)C. The lowest BCUT2D eigenvalue weighted by Gasteiger charge is -2.20. The van der Waals surface area contributed by atoms with Gasteiger partial charge in [0.2, 0.25) is 0 Å². The molecule has 0 aliphatic heterocycles. The molecule has 0 radical (unpaired) electrons. The van der Waals surface area contributed by atoms with E-state index in [9.17, 15) is 0 Å². The molecule has 3 nitrogen and oxygen atoms in total. The Bertz CT molecular complexity index is 341. The van der Waals surface area contributed by atoms with Crippen molar-refractivity contribution in [3.05, 3.63) is 23.3 Å². The van der Waals surface area contributed by atoms with E-state index in [4.69, 9.17) is 0 Å². The number of hydrogen-bond donors (Lipinski definition) is 1. The largest absolute Gasteiger partial charge is 0.314 e. The van der Waals surface area contributed by atoms with Crippen molar-refractivity contribution in [2.45, 2.75) is 59.9 Å². The van der Waals surface area contributed by atoms with Crippen LogP contribution in [0.3, 0.4) is 0 Å². The fraction of sp³-hybridized carbons (Fsp3) is 0.733. The first-order chi connectivity index (χ1) is 8.51. The van der Waals surface area contributed by atoms with E-state index < -0.39 is 0 Å². The van der Waals surface area contributed by atoms with Crippen molar-refractivity contribution in [2.24, 2.45) is 5.92 Å². The van der Waals surface area contributed by atoms with Crippen LogP contribution in [-0.4, -0.2) is 22.6 Å². The van der Waals surface area contributed by atoms with Gasteiger partial charge in [-0.1, -0.05) is 20.8 Å². The van der Waals surface area contributed by atoms with Gasteiger partial charge in [-0.25, -0.2) is 9.97 Å². The van der Waals surface area contributed by atoms with Crippen LogP contribution in [0.4, 0.5) is 0 Å². The van der Waals surface area contributed by atoms with E-state index in [1.165, 1.54) is 12.8 Å². The zero-order chi connectivity index (χ0) is 13.5. The van der Waals surface area contributed by atoms with Gasteiger partial charge in [0.05, 0.1) is 0 Å². The van der Waals surface area contributed by atoms with E-state index in [0.717, 1.165) is 30.2 Å². The summed E-state index contributed by atoms with van der Waals surface area (Å²) in [5.74, 6) is 1.67. The van der Waals surface area contributed by atoms with E-state index in [1.807, 2.05) is 19.9 Å². The van der Waals surface area contributed by atoms with Gasteiger partial charge in [0.1, 0.15) is 5.82 Å². The second kappa shape index (κ2) is 7.47. The van der Waals surface area contributed by atoms with E-state index in [0.29, 0.717) is 12.0 Å². The van der Waals surface area contributed by atoms with Crippen molar-refractivity contribution < 1.29 is 0 Å². The third-order valence-electron chi connectivity index (χ3n) is 2.90. The minimum Gasteiger partial charge on any atom is -0.314 e. The lowest BCUT2D eigenvalue weighted by molar-refractivity contribution is 0.410. The minimum atomic E-state index is 0.492. The predicted octanol–water partition coefficient (Wildman–Crippen LogP) is 3.05. The third kappa shape index (κ3) is 5.58. The molecule has 3 heteroatoms. The number of rotatable bonds is 7. The quantitative estimate of drug-likeness (QED) is 0.807. The van der Waals surface area contributed by atoms with Gasteiger partial charge >= 0.3 is 0 Å². The normalized spacial score (nSPS) is 13.0. The molecule has 0 saturated heterocycles. The molecule has 0 amide bonds. The number of nitrogens with one attached hydrogen (secondary N) is 1. The minimum absolute atomic E-state index is 0.492. The zero-order valence-corrected chi connectivity index (χ0v) is 12.5. The van der Waals surface area contributed by atoms with E-state index in [-0.39, 0.29) is 0 Å². The molecule has 1 aromatic rings. The highest BCUT2D eigenvalue weighted by Crippen LogP contribution is 2.10. The Morgan fingerprint density at radius 2 is 1.78 bits per heavy atom. The summed E-state index contributed by atoms with van der Waals surface area (Å²) in [5, 5.41) is 3.61. The Hall–Kier alpha value is -0.960. The standard InChI is InChI=1S/C15H27N3/c1-6-7-16-14(8-11(2)3)10-15-17-12(4)9-13(5)18-15/h9,11,14,16H,6-8,10H2,1-5H3. The van der Waals surface area contributed by atoms with Gasteiger partial charge in [0.25, 0.3) is 0 Å². The van der Waals surface area contributed by atoms with Gasteiger partial charge in [-0.05, 0) is 45.2 Å². The zero-order valence-electron chi connectivity index (χ0n) is 12.5. The molecule has 1 aromatic heterocycles. The second-order valence-electron chi connectivity index (χ2n) is 5.55. The summed E-state index contributed by atoms with van der Waals surface area (Å²) in [5.41, 5.74) is 2.13. The van der Waals surface area contributed by atoms with Crippen molar-refractivity contribution in [2.75, 3.05) is 6.54 Å². The van der Waals surface area contributed by atoms with Crippen LogP contribution < -0.4 is 5.32 Å². The molecule has 0 aromatic carbocycles. The highest BCUT2D eigenvalue weighted by molar-refractivity contribution is 5.09. The first-order valence-electron chi connectivity index (χ1n) is 7.05. The van der Waals surface area contributed by atoms with Crippen LogP contribution in [0.2, 0.25) is 0 Å². The molecule has 0 spiro atoms. The summed E-state index contributed by atoms with van der Waals surface area (Å²) in [4.78, 5) is 9.08. The molecule has 1 N–H and O–H groups in total. The summed E-state index contributed by atoms with van der Waals surface area (Å²) < 4.78 is 0. The molecule has 0 bridgehead atoms. The lowest BCUT2D eigenvalue weighted by Crippen LogP contribution is -2.33. The van der Waals surface area contributed by atoms with Crippen LogP contribution in [-0.2, 0) is 6.42 Å². The summed E-state index contributed by atoms with van der Waals surface area (Å²) in [7, 11) is 0. The first-order valence-corrected chi connectivity index (χ1v) is 7.05. The highest BCUT2D eigenvalue weighted by Gasteiger charge is 2.13. The Morgan fingerprint density at radius 1 is 1.17 bits per heavy atom. The summed E-state index contributed by atoms with van der Waals surface area (Å²) in [6, 6.07) is 2.52. The predicted molar refractivity (Wildman–Crippen MR) is 76.7 cm³/mol. The molecular formula is C15H27N3. The Kier molecular flexibility index (Phi) is 6.27. The number of aromatic nitrogens is 2. The van der Waals surface area contributed by atoms with Crippen LogP contribution in [0.15, 0.2) is 6.07 Å². The van der Waals surface area contributed by atoms with Crippen molar-refractivity contribution >= 4 is 0 Å². The molecule has 0 saturated carbocycles. The summed E-state index contributed by atoms with van der Waals surface area (Å²) >= 11 is 0. The third-order valence-corrected chi connectivity index (χ3v) is 2.90. The maximum Gasteiger partial charge on any atom is 0.130 e. The highest BCUT2D eigenvalue weighted by atomic mass is 14.9. The van der Waals surface area contributed by atoms with Crippen LogP contribution in [0.5, 0.6) is 0 Å². The molecule has 1 atom stereocenters. The Labute approximate surface area is 111 Å². The van der Waals surface area contributed by atoms with Gasteiger partial charge in [0.15, 0.2) is 0 Å². The Balaban J connectivity index is 2.68. The maximum absolute atomic E-state index is 4.54. The average Bonchev–Trinajstić information content (AvgIpc) is 2.23. The number of aryl methyl sites for hydroxylation is 2. The molecule has 1 rings (SSSR count). The molecular weight excluding hydrogens is 222 g/mol. The molecule has 0 fully saturated rings. The molecule has 0 aliphatic rings. The molecule has 1 unspecified atom stereocenters.